The largest absolute Gasteiger partial charge is 0.370 e. The van der Waals surface area contributed by atoms with E-state index in [2.05, 4.69) is 38.2 Å². The van der Waals surface area contributed by atoms with Crippen molar-refractivity contribution < 1.29 is 9.53 Å². The Morgan fingerprint density at radius 3 is 2.72 bits per heavy atom. The zero-order valence-electron chi connectivity index (χ0n) is 11.3. The van der Waals surface area contributed by atoms with E-state index < -0.39 is 5.91 Å². The molecule has 4 nitrogen and oxygen atoms in total. The van der Waals surface area contributed by atoms with E-state index in [-0.39, 0.29) is 12.0 Å². The Labute approximate surface area is 113 Å². The van der Waals surface area contributed by atoms with Crippen LogP contribution in [0.1, 0.15) is 30.5 Å². The van der Waals surface area contributed by atoms with Crippen LogP contribution in [0.2, 0.25) is 0 Å². The van der Waals surface area contributed by atoms with E-state index in [0.29, 0.717) is 6.61 Å². The molecule has 1 amide bonds. The van der Waals surface area contributed by atoms with E-state index in [4.69, 9.17) is 10.5 Å². The van der Waals surface area contributed by atoms with Gasteiger partial charge in [-0.2, -0.15) is 0 Å². The van der Waals surface area contributed by atoms with E-state index >= 15 is 0 Å². The van der Waals surface area contributed by atoms with E-state index in [1.54, 1.807) is 0 Å². The summed E-state index contributed by atoms with van der Waals surface area (Å²) in [6, 6.07) is 4.34. The summed E-state index contributed by atoms with van der Waals surface area (Å²) in [6.45, 7) is 8.70. The summed E-state index contributed by atoms with van der Waals surface area (Å²) in [6.07, 6.45) is 0. The molecule has 0 aliphatic carbocycles. The molecule has 0 aliphatic rings. The average Bonchev–Trinajstić information content (AvgIpc) is 2.71. The number of amides is 1. The van der Waals surface area contributed by atoms with Crippen LogP contribution >= 0.6 is 11.3 Å². The van der Waals surface area contributed by atoms with Gasteiger partial charge in [0.2, 0.25) is 5.91 Å². The minimum atomic E-state index is -0.428. The van der Waals surface area contributed by atoms with Crippen molar-refractivity contribution in [3.8, 4) is 0 Å². The normalized spacial score (nSPS) is 11.7. The third kappa shape index (κ3) is 5.62. The molecule has 1 rings (SSSR count). The molecule has 1 aromatic heterocycles. The number of thiophene rings is 1. The number of carbonyl (C=O) groups excluding carboxylic acids is 1. The predicted molar refractivity (Wildman–Crippen MR) is 74.7 cm³/mol. The Kier molecular flexibility index (Phi) is 5.78. The molecule has 0 aliphatic heterocycles. The molecule has 0 fully saturated rings. The molecule has 0 unspecified atom stereocenters. The highest BCUT2D eigenvalue weighted by atomic mass is 32.1. The van der Waals surface area contributed by atoms with Crippen LogP contribution in [0.15, 0.2) is 12.1 Å². The summed E-state index contributed by atoms with van der Waals surface area (Å²) < 4.78 is 5.06. The van der Waals surface area contributed by atoms with Crippen LogP contribution in [0.5, 0.6) is 0 Å². The summed E-state index contributed by atoms with van der Waals surface area (Å²) >= 11 is 1.83. The van der Waals surface area contributed by atoms with E-state index in [9.17, 15) is 4.79 Å². The van der Waals surface area contributed by atoms with Crippen molar-refractivity contribution in [3.63, 3.8) is 0 Å². The number of hydrogen-bond donors (Lipinski definition) is 2. The smallest absolute Gasteiger partial charge is 0.243 e. The number of rotatable bonds is 7. The van der Waals surface area contributed by atoms with Crippen molar-refractivity contribution in [2.45, 2.75) is 32.7 Å². The lowest BCUT2D eigenvalue weighted by molar-refractivity contribution is -0.122. The standard InChI is InChI=1S/C13H22N2O2S/c1-13(2,3)11-5-4-10(18-11)8-15-6-7-17-9-12(14)16/h4-5,15H,6-9H2,1-3H3,(H2,14,16). The minimum absolute atomic E-state index is 0.00510. The van der Waals surface area contributed by atoms with Gasteiger partial charge in [-0.15, -0.1) is 11.3 Å². The summed E-state index contributed by atoms with van der Waals surface area (Å²) in [7, 11) is 0. The molecule has 0 saturated carbocycles. The van der Waals surface area contributed by atoms with Gasteiger partial charge in [-0.1, -0.05) is 20.8 Å². The van der Waals surface area contributed by atoms with Crippen molar-refractivity contribution in [3.05, 3.63) is 21.9 Å². The predicted octanol–water partition coefficient (Wildman–Crippen LogP) is 1.64. The van der Waals surface area contributed by atoms with Gasteiger partial charge in [0.05, 0.1) is 6.61 Å². The first-order valence-corrected chi connectivity index (χ1v) is 6.87. The second kappa shape index (κ2) is 6.87. The first-order valence-electron chi connectivity index (χ1n) is 6.05. The lowest BCUT2D eigenvalue weighted by atomic mass is 9.95. The number of ether oxygens (including phenoxy) is 1. The molecular weight excluding hydrogens is 248 g/mol. The number of carbonyl (C=O) groups is 1. The molecule has 3 N–H and O–H groups in total. The number of hydrogen-bond acceptors (Lipinski definition) is 4. The Hall–Kier alpha value is -0.910. The Morgan fingerprint density at radius 2 is 2.17 bits per heavy atom. The van der Waals surface area contributed by atoms with Gasteiger partial charge in [0.1, 0.15) is 6.61 Å². The van der Waals surface area contributed by atoms with Gasteiger partial charge in [0.25, 0.3) is 0 Å². The first kappa shape index (κ1) is 15.1. The highest BCUT2D eigenvalue weighted by Crippen LogP contribution is 2.29. The third-order valence-corrected chi connectivity index (χ3v) is 3.88. The molecular formula is C13H22N2O2S. The Bertz CT molecular complexity index is 383. The molecule has 0 atom stereocenters. The Balaban J connectivity index is 2.20. The zero-order chi connectivity index (χ0) is 13.6. The summed E-state index contributed by atoms with van der Waals surface area (Å²) in [5, 5.41) is 3.27. The average molecular weight is 270 g/mol. The quantitative estimate of drug-likeness (QED) is 0.740. The second-order valence-corrected chi connectivity index (χ2v) is 6.38. The zero-order valence-corrected chi connectivity index (χ0v) is 12.1. The van der Waals surface area contributed by atoms with Crippen LogP contribution in [0.4, 0.5) is 0 Å². The summed E-state index contributed by atoms with van der Waals surface area (Å²) in [5.74, 6) is -0.428. The van der Waals surface area contributed by atoms with Gasteiger partial charge >= 0.3 is 0 Å². The maximum absolute atomic E-state index is 10.4. The fraction of sp³-hybridized carbons (Fsp3) is 0.615. The lowest BCUT2D eigenvalue weighted by Crippen LogP contribution is -2.23. The van der Waals surface area contributed by atoms with Gasteiger partial charge in [-0.25, -0.2) is 0 Å². The Morgan fingerprint density at radius 1 is 1.44 bits per heavy atom. The van der Waals surface area contributed by atoms with E-state index in [1.165, 1.54) is 9.75 Å². The van der Waals surface area contributed by atoms with Crippen LogP contribution in [0.3, 0.4) is 0 Å². The third-order valence-electron chi connectivity index (χ3n) is 2.37. The van der Waals surface area contributed by atoms with Gasteiger partial charge < -0.3 is 15.8 Å². The second-order valence-electron chi connectivity index (χ2n) is 5.21. The van der Waals surface area contributed by atoms with Gasteiger partial charge in [-0.05, 0) is 17.5 Å². The number of nitrogens with one attached hydrogen (secondary N) is 1. The van der Waals surface area contributed by atoms with Crippen LogP contribution < -0.4 is 11.1 Å². The fourth-order valence-corrected chi connectivity index (χ4v) is 2.44. The van der Waals surface area contributed by atoms with Gasteiger partial charge in [-0.3, -0.25) is 4.79 Å². The monoisotopic (exact) mass is 270 g/mol. The molecule has 0 aromatic carbocycles. The molecule has 0 saturated heterocycles. The van der Waals surface area contributed by atoms with Crippen LogP contribution in [0, 0.1) is 0 Å². The molecule has 18 heavy (non-hydrogen) atoms. The van der Waals surface area contributed by atoms with E-state index in [0.717, 1.165) is 13.1 Å². The number of primary amides is 1. The van der Waals surface area contributed by atoms with Crippen molar-refractivity contribution in [2.75, 3.05) is 19.8 Å². The topological polar surface area (TPSA) is 64.3 Å². The van der Waals surface area contributed by atoms with Crippen LogP contribution in [-0.2, 0) is 21.5 Å². The molecule has 1 heterocycles. The maximum Gasteiger partial charge on any atom is 0.243 e. The van der Waals surface area contributed by atoms with Gasteiger partial charge in [0, 0.05) is 22.8 Å². The molecule has 1 aromatic rings. The fourth-order valence-electron chi connectivity index (χ4n) is 1.40. The molecule has 0 bridgehead atoms. The minimum Gasteiger partial charge on any atom is -0.370 e. The highest BCUT2D eigenvalue weighted by Gasteiger charge is 2.15. The van der Waals surface area contributed by atoms with E-state index in [1.807, 2.05) is 11.3 Å². The van der Waals surface area contributed by atoms with Crippen molar-refractivity contribution in [1.29, 1.82) is 0 Å². The SMILES string of the molecule is CC(C)(C)c1ccc(CNCCOCC(N)=O)s1. The van der Waals surface area contributed by atoms with Crippen molar-refractivity contribution in [1.82, 2.24) is 5.32 Å². The highest BCUT2D eigenvalue weighted by molar-refractivity contribution is 7.12. The molecule has 0 radical (unpaired) electrons. The molecule has 102 valence electrons. The molecule has 0 spiro atoms. The van der Waals surface area contributed by atoms with Crippen molar-refractivity contribution >= 4 is 17.2 Å². The molecule has 5 heteroatoms. The summed E-state index contributed by atoms with van der Waals surface area (Å²) in [4.78, 5) is 13.1. The van der Waals surface area contributed by atoms with Crippen LogP contribution in [-0.4, -0.2) is 25.7 Å². The number of nitrogens with two attached hydrogens (primary N) is 1. The lowest BCUT2D eigenvalue weighted by Gasteiger charge is -2.15. The van der Waals surface area contributed by atoms with Crippen LogP contribution in [0.25, 0.3) is 0 Å². The van der Waals surface area contributed by atoms with Crippen molar-refractivity contribution in [2.24, 2.45) is 5.73 Å². The summed E-state index contributed by atoms with van der Waals surface area (Å²) in [5.41, 5.74) is 5.17. The van der Waals surface area contributed by atoms with Gasteiger partial charge in [0.15, 0.2) is 0 Å². The maximum atomic E-state index is 10.4. The first-order chi connectivity index (χ1) is 8.39.